The van der Waals surface area contributed by atoms with Gasteiger partial charge in [-0.3, -0.25) is 4.79 Å². The number of carbonyl (C=O) groups excluding carboxylic acids is 1. The van der Waals surface area contributed by atoms with Gasteiger partial charge in [0, 0.05) is 12.1 Å². The molecule has 2 aromatic rings. The molecule has 1 aromatic heterocycles. The third-order valence-electron chi connectivity index (χ3n) is 3.96. The molecule has 22 heavy (non-hydrogen) atoms. The fourth-order valence-electron chi connectivity index (χ4n) is 2.73. The Morgan fingerprint density at radius 1 is 1.18 bits per heavy atom. The largest absolute Gasteiger partial charge is 0.490 e. The molecule has 0 bridgehead atoms. The van der Waals surface area contributed by atoms with Gasteiger partial charge < -0.3 is 10.1 Å². The fourth-order valence-corrected chi connectivity index (χ4v) is 3.43. The molecule has 1 aromatic carbocycles. The first-order chi connectivity index (χ1) is 10.8. The Balaban J connectivity index is 1.46. The number of rotatable bonds is 6. The molecule has 4 heteroatoms. The lowest BCUT2D eigenvalue weighted by molar-refractivity contribution is -0.116. The summed E-state index contributed by atoms with van der Waals surface area (Å²) in [5.41, 5.74) is 2.05. The van der Waals surface area contributed by atoms with E-state index >= 15 is 0 Å². The van der Waals surface area contributed by atoms with Crippen LogP contribution in [0.25, 0.3) is 0 Å². The van der Waals surface area contributed by atoms with Gasteiger partial charge in [0.15, 0.2) is 0 Å². The minimum atomic E-state index is 0.0515. The van der Waals surface area contributed by atoms with Crippen LogP contribution in [0.4, 0.5) is 5.69 Å². The molecular formula is C18H21NO2S. The van der Waals surface area contributed by atoms with Gasteiger partial charge >= 0.3 is 0 Å². The molecule has 0 aliphatic heterocycles. The summed E-state index contributed by atoms with van der Waals surface area (Å²) in [4.78, 5) is 11.9. The maximum absolute atomic E-state index is 11.9. The summed E-state index contributed by atoms with van der Waals surface area (Å²) < 4.78 is 5.92. The van der Waals surface area contributed by atoms with Crippen LogP contribution in [0.15, 0.2) is 41.1 Å². The molecule has 1 fully saturated rings. The number of thiophene rings is 1. The molecule has 1 aliphatic carbocycles. The molecule has 0 spiro atoms. The number of amides is 1. The van der Waals surface area contributed by atoms with Crippen LogP contribution in [0.5, 0.6) is 5.75 Å². The predicted octanol–water partition coefficient (Wildman–Crippen LogP) is 4.64. The molecule has 116 valence electrons. The number of anilines is 1. The minimum Gasteiger partial charge on any atom is -0.490 e. The highest BCUT2D eigenvalue weighted by atomic mass is 32.1. The lowest BCUT2D eigenvalue weighted by Gasteiger charge is -2.13. The normalized spacial score (nSPS) is 14.9. The first-order valence-corrected chi connectivity index (χ1v) is 8.81. The van der Waals surface area contributed by atoms with Crippen LogP contribution in [0, 0.1) is 0 Å². The molecule has 3 nitrogen and oxygen atoms in total. The van der Waals surface area contributed by atoms with Gasteiger partial charge in [-0.2, -0.15) is 11.3 Å². The number of hydrogen-bond donors (Lipinski definition) is 1. The number of aryl methyl sites for hydroxylation is 1. The highest BCUT2D eigenvalue weighted by Crippen LogP contribution is 2.25. The third kappa shape index (κ3) is 4.34. The lowest BCUT2D eigenvalue weighted by Crippen LogP contribution is -2.13. The summed E-state index contributed by atoms with van der Waals surface area (Å²) in [6.07, 6.45) is 6.51. The molecule has 0 unspecified atom stereocenters. The van der Waals surface area contributed by atoms with E-state index in [1.165, 1.54) is 18.4 Å². The molecule has 1 aliphatic rings. The summed E-state index contributed by atoms with van der Waals surface area (Å²) in [5, 5.41) is 7.06. The molecule has 0 radical (unpaired) electrons. The summed E-state index contributed by atoms with van der Waals surface area (Å²) >= 11 is 1.66. The van der Waals surface area contributed by atoms with E-state index in [-0.39, 0.29) is 5.91 Å². The van der Waals surface area contributed by atoms with Crippen molar-refractivity contribution in [1.29, 1.82) is 0 Å². The van der Waals surface area contributed by atoms with Crippen molar-refractivity contribution < 1.29 is 9.53 Å². The zero-order chi connectivity index (χ0) is 15.2. The average molecular weight is 315 g/mol. The molecule has 1 saturated carbocycles. The topological polar surface area (TPSA) is 38.3 Å². The molecular weight excluding hydrogens is 294 g/mol. The van der Waals surface area contributed by atoms with Crippen molar-refractivity contribution in [1.82, 2.24) is 0 Å². The Morgan fingerprint density at radius 3 is 2.64 bits per heavy atom. The summed E-state index contributed by atoms with van der Waals surface area (Å²) in [6, 6.07) is 9.76. The number of carbonyl (C=O) groups is 1. The maximum Gasteiger partial charge on any atom is 0.224 e. The van der Waals surface area contributed by atoms with E-state index in [1.807, 2.05) is 29.6 Å². The number of hydrogen-bond acceptors (Lipinski definition) is 3. The molecule has 1 heterocycles. The van der Waals surface area contributed by atoms with E-state index in [0.29, 0.717) is 12.5 Å². The van der Waals surface area contributed by atoms with E-state index in [0.717, 1.165) is 30.7 Å². The lowest BCUT2D eigenvalue weighted by atomic mass is 10.2. The Bertz CT molecular complexity index is 586. The summed E-state index contributed by atoms with van der Waals surface area (Å²) in [5.74, 6) is 0.943. The van der Waals surface area contributed by atoms with Crippen molar-refractivity contribution in [2.75, 3.05) is 5.32 Å². The standard InChI is InChI=1S/C18H21NO2S/c20-18(10-5-14-11-12-22-13-14)19-15-6-8-17(9-7-15)21-16-3-1-2-4-16/h6-9,11-13,16H,1-5,10H2,(H,19,20). The van der Waals surface area contributed by atoms with Crippen LogP contribution in [0.1, 0.15) is 37.7 Å². The Kier molecular flexibility index (Phi) is 5.11. The monoisotopic (exact) mass is 315 g/mol. The van der Waals surface area contributed by atoms with Crippen molar-refractivity contribution in [2.24, 2.45) is 0 Å². The molecule has 3 rings (SSSR count). The van der Waals surface area contributed by atoms with Gasteiger partial charge in [-0.1, -0.05) is 0 Å². The van der Waals surface area contributed by atoms with Crippen LogP contribution in [-0.4, -0.2) is 12.0 Å². The Labute approximate surface area is 135 Å². The van der Waals surface area contributed by atoms with Crippen molar-refractivity contribution in [3.8, 4) is 5.75 Å². The van der Waals surface area contributed by atoms with Crippen LogP contribution < -0.4 is 10.1 Å². The SMILES string of the molecule is O=C(CCc1ccsc1)Nc1ccc(OC2CCCC2)cc1. The van der Waals surface area contributed by atoms with Gasteiger partial charge in [0.05, 0.1) is 6.10 Å². The highest BCUT2D eigenvalue weighted by molar-refractivity contribution is 7.07. The van der Waals surface area contributed by atoms with E-state index < -0.39 is 0 Å². The highest BCUT2D eigenvalue weighted by Gasteiger charge is 2.16. The van der Waals surface area contributed by atoms with Crippen LogP contribution in [0.2, 0.25) is 0 Å². The maximum atomic E-state index is 11.9. The van der Waals surface area contributed by atoms with Gasteiger partial charge in [0.1, 0.15) is 5.75 Å². The average Bonchev–Trinajstić information content (AvgIpc) is 3.20. The van der Waals surface area contributed by atoms with Crippen molar-refractivity contribution in [2.45, 2.75) is 44.6 Å². The Hall–Kier alpha value is -1.81. The first kappa shape index (κ1) is 15.1. The van der Waals surface area contributed by atoms with Gasteiger partial charge in [0.2, 0.25) is 5.91 Å². The second-order valence-corrected chi connectivity index (χ2v) is 6.51. The van der Waals surface area contributed by atoms with Crippen LogP contribution in [-0.2, 0) is 11.2 Å². The third-order valence-corrected chi connectivity index (χ3v) is 4.70. The summed E-state index contributed by atoms with van der Waals surface area (Å²) in [7, 11) is 0. The smallest absolute Gasteiger partial charge is 0.224 e. The predicted molar refractivity (Wildman–Crippen MR) is 90.6 cm³/mol. The van der Waals surface area contributed by atoms with Gasteiger partial charge in [-0.05, 0) is 78.8 Å². The van der Waals surface area contributed by atoms with Crippen molar-refractivity contribution in [3.63, 3.8) is 0 Å². The molecule has 0 atom stereocenters. The number of benzene rings is 1. The van der Waals surface area contributed by atoms with E-state index in [9.17, 15) is 4.79 Å². The van der Waals surface area contributed by atoms with E-state index in [2.05, 4.69) is 16.8 Å². The molecule has 0 saturated heterocycles. The van der Waals surface area contributed by atoms with Gasteiger partial charge in [0.25, 0.3) is 0 Å². The zero-order valence-electron chi connectivity index (χ0n) is 12.6. The number of nitrogens with one attached hydrogen (secondary N) is 1. The molecule has 1 N–H and O–H groups in total. The van der Waals surface area contributed by atoms with Gasteiger partial charge in [-0.15, -0.1) is 0 Å². The fraction of sp³-hybridized carbons (Fsp3) is 0.389. The quantitative estimate of drug-likeness (QED) is 0.843. The van der Waals surface area contributed by atoms with Gasteiger partial charge in [-0.25, -0.2) is 0 Å². The van der Waals surface area contributed by atoms with Crippen molar-refractivity contribution >= 4 is 22.9 Å². The van der Waals surface area contributed by atoms with Crippen molar-refractivity contribution in [3.05, 3.63) is 46.7 Å². The zero-order valence-corrected chi connectivity index (χ0v) is 13.4. The second kappa shape index (κ2) is 7.45. The number of ether oxygens (including phenoxy) is 1. The van der Waals surface area contributed by atoms with E-state index in [1.54, 1.807) is 11.3 Å². The van der Waals surface area contributed by atoms with E-state index in [4.69, 9.17) is 4.74 Å². The summed E-state index contributed by atoms with van der Waals surface area (Å²) in [6.45, 7) is 0. The molecule has 1 amide bonds. The first-order valence-electron chi connectivity index (χ1n) is 7.87. The Morgan fingerprint density at radius 2 is 1.95 bits per heavy atom. The minimum absolute atomic E-state index is 0.0515. The second-order valence-electron chi connectivity index (χ2n) is 5.73. The van der Waals surface area contributed by atoms with Crippen LogP contribution >= 0.6 is 11.3 Å². The van der Waals surface area contributed by atoms with Crippen LogP contribution in [0.3, 0.4) is 0 Å².